The minimum Gasteiger partial charge on any atom is -0.145 e. The molecule has 0 amide bonds. The fourth-order valence-corrected chi connectivity index (χ4v) is 2.32. The Hall–Kier alpha value is -0.560. The Labute approximate surface area is 72.6 Å². The molecule has 60 valence electrons. The largest absolute Gasteiger partial charge is 0.145 e. The summed E-state index contributed by atoms with van der Waals surface area (Å²) in [6.45, 7) is 10.3. The molecule has 1 rings (SSSR count). The summed E-state index contributed by atoms with van der Waals surface area (Å²) in [5, 5.41) is 0. The second-order valence-electron chi connectivity index (χ2n) is 2.82. The predicted octanol–water partition coefficient (Wildman–Crippen LogP) is 3.40. The van der Waals surface area contributed by atoms with Crippen molar-refractivity contribution in [2.75, 3.05) is 0 Å². The van der Waals surface area contributed by atoms with E-state index in [9.17, 15) is 0 Å². The van der Waals surface area contributed by atoms with Gasteiger partial charge in [0.2, 0.25) is 0 Å². The Morgan fingerprint density at radius 1 is 1.27 bits per heavy atom. The van der Waals surface area contributed by atoms with Crippen LogP contribution in [-0.4, -0.2) is 0 Å². The van der Waals surface area contributed by atoms with Gasteiger partial charge in [-0.25, -0.2) is 0 Å². The minimum atomic E-state index is 1.02. The first kappa shape index (κ1) is 8.54. The highest BCUT2D eigenvalue weighted by Gasteiger charge is 2.05. The molecular weight excluding hydrogens is 152 g/mol. The van der Waals surface area contributed by atoms with Gasteiger partial charge in [0.15, 0.2) is 0 Å². The van der Waals surface area contributed by atoms with E-state index in [-0.39, 0.29) is 0 Å². The van der Waals surface area contributed by atoms with Crippen LogP contribution in [0.3, 0.4) is 0 Å². The lowest BCUT2D eigenvalue weighted by molar-refractivity contribution is 1.25. The van der Waals surface area contributed by atoms with Gasteiger partial charge in [0.05, 0.1) is 0 Å². The predicted molar refractivity (Wildman–Crippen MR) is 52.4 cm³/mol. The van der Waals surface area contributed by atoms with Gasteiger partial charge >= 0.3 is 0 Å². The summed E-state index contributed by atoms with van der Waals surface area (Å²) in [7, 11) is 0. The number of rotatable bonds is 2. The zero-order chi connectivity index (χ0) is 8.43. The first-order valence-electron chi connectivity index (χ1n) is 3.83. The van der Waals surface area contributed by atoms with E-state index in [2.05, 4.69) is 27.4 Å². The van der Waals surface area contributed by atoms with Crippen molar-refractivity contribution in [3.05, 3.63) is 33.5 Å². The molecule has 0 atom stereocenters. The first-order valence-corrected chi connectivity index (χ1v) is 4.64. The molecule has 0 radical (unpaired) electrons. The van der Waals surface area contributed by atoms with Crippen LogP contribution in [-0.2, 0) is 6.42 Å². The van der Waals surface area contributed by atoms with Crippen LogP contribution < -0.4 is 0 Å². The summed E-state index contributed by atoms with van der Waals surface area (Å²) in [6, 6.07) is 0. The third-order valence-corrected chi connectivity index (χ3v) is 3.45. The van der Waals surface area contributed by atoms with Crippen LogP contribution in [0.1, 0.15) is 20.9 Å². The smallest absolute Gasteiger partial charge is 0.0117 e. The average Bonchev–Trinajstić information content (AvgIpc) is 2.19. The van der Waals surface area contributed by atoms with E-state index >= 15 is 0 Å². The lowest BCUT2D eigenvalue weighted by atomic mass is 10.1. The second-order valence-corrected chi connectivity index (χ2v) is 4.13. The van der Waals surface area contributed by atoms with Crippen molar-refractivity contribution in [2.24, 2.45) is 0 Å². The SMILES string of the molecule is C=CCc1sc(C)c(C)c1C. The molecule has 0 aliphatic rings. The fraction of sp³-hybridized carbons (Fsp3) is 0.400. The maximum atomic E-state index is 3.74. The Bertz CT molecular complexity index is 269. The molecule has 0 fully saturated rings. The highest BCUT2D eigenvalue weighted by Crippen LogP contribution is 2.26. The van der Waals surface area contributed by atoms with Gasteiger partial charge in [0.1, 0.15) is 0 Å². The lowest BCUT2D eigenvalue weighted by Crippen LogP contribution is -1.79. The molecule has 0 spiro atoms. The van der Waals surface area contributed by atoms with E-state index < -0.39 is 0 Å². The molecule has 1 heterocycles. The van der Waals surface area contributed by atoms with Crippen LogP contribution >= 0.6 is 11.3 Å². The second kappa shape index (κ2) is 3.22. The summed E-state index contributed by atoms with van der Waals surface area (Å²) in [5.74, 6) is 0. The van der Waals surface area contributed by atoms with E-state index in [1.54, 1.807) is 0 Å². The summed E-state index contributed by atoms with van der Waals surface area (Å²) in [5.41, 5.74) is 2.90. The van der Waals surface area contributed by atoms with Gasteiger partial charge in [-0.15, -0.1) is 17.9 Å². The molecule has 0 unspecified atom stereocenters. The molecule has 1 aromatic rings. The van der Waals surface area contributed by atoms with E-state index in [0.717, 1.165) is 6.42 Å². The quantitative estimate of drug-likeness (QED) is 0.591. The summed E-state index contributed by atoms with van der Waals surface area (Å²) in [4.78, 5) is 2.91. The van der Waals surface area contributed by atoms with Gasteiger partial charge in [0, 0.05) is 9.75 Å². The van der Waals surface area contributed by atoms with Crippen molar-refractivity contribution in [3.63, 3.8) is 0 Å². The molecule has 0 nitrogen and oxygen atoms in total. The minimum absolute atomic E-state index is 1.02. The van der Waals surface area contributed by atoms with Crippen molar-refractivity contribution >= 4 is 11.3 Å². The van der Waals surface area contributed by atoms with E-state index in [1.807, 2.05) is 17.4 Å². The zero-order valence-electron chi connectivity index (χ0n) is 7.40. The van der Waals surface area contributed by atoms with Gasteiger partial charge in [-0.05, 0) is 38.3 Å². The highest BCUT2D eigenvalue weighted by atomic mass is 32.1. The zero-order valence-corrected chi connectivity index (χ0v) is 8.22. The van der Waals surface area contributed by atoms with Crippen molar-refractivity contribution in [1.82, 2.24) is 0 Å². The number of thiophene rings is 1. The van der Waals surface area contributed by atoms with E-state index in [4.69, 9.17) is 0 Å². The van der Waals surface area contributed by atoms with Crippen molar-refractivity contribution in [1.29, 1.82) is 0 Å². The van der Waals surface area contributed by atoms with Gasteiger partial charge < -0.3 is 0 Å². The van der Waals surface area contributed by atoms with Gasteiger partial charge in [-0.1, -0.05) is 6.08 Å². The maximum absolute atomic E-state index is 3.74. The molecule has 11 heavy (non-hydrogen) atoms. The molecule has 1 heteroatoms. The molecular formula is C10H14S. The van der Waals surface area contributed by atoms with Crippen molar-refractivity contribution in [2.45, 2.75) is 27.2 Å². The van der Waals surface area contributed by atoms with Gasteiger partial charge in [-0.2, -0.15) is 0 Å². The molecule has 0 bridgehead atoms. The van der Waals surface area contributed by atoms with Gasteiger partial charge in [-0.3, -0.25) is 0 Å². The number of hydrogen-bond donors (Lipinski definition) is 0. The normalized spacial score (nSPS) is 10.1. The standard InChI is InChI=1S/C10H14S/c1-5-6-10-8(3)7(2)9(4)11-10/h5H,1,6H2,2-4H3. The third kappa shape index (κ3) is 1.54. The third-order valence-electron chi connectivity index (χ3n) is 2.11. The summed E-state index contributed by atoms with van der Waals surface area (Å²) in [6.07, 6.45) is 2.99. The Morgan fingerprint density at radius 3 is 2.27 bits per heavy atom. The van der Waals surface area contributed by atoms with Crippen molar-refractivity contribution < 1.29 is 0 Å². The van der Waals surface area contributed by atoms with Crippen LogP contribution in [0.2, 0.25) is 0 Å². The number of aryl methyl sites for hydroxylation is 1. The number of hydrogen-bond acceptors (Lipinski definition) is 1. The molecule has 0 saturated carbocycles. The van der Waals surface area contributed by atoms with Crippen LogP contribution in [0.25, 0.3) is 0 Å². The Kier molecular flexibility index (Phi) is 2.50. The molecule has 0 aromatic carbocycles. The van der Waals surface area contributed by atoms with Crippen molar-refractivity contribution in [3.8, 4) is 0 Å². The van der Waals surface area contributed by atoms with Crippen LogP contribution in [0, 0.1) is 20.8 Å². The molecule has 0 aliphatic carbocycles. The lowest BCUT2D eigenvalue weighted by Gasteiger charge is -1.93. The van der Waals surface area contributed by atoms with E-state index in [0.29, 0.717) is 0 Å². The molecule has 0 aliphatic heterocycles. The summed E-state index contributed by atoms with van der Waals surface area (Å²) < 4.78 is 0. The topological polar surface area (TPSA) is 0 Å². The summed E-state index contributed by atoms with van der Waals surface area (Å²) >= 11 is 1.89. The first-order chi connectivity index (χ1) is 5.16. The fourth-order valence-electron chi connectivity index (χ4n) is 1.14. The Morgan fingerprint density at radius 2 is 1.91 bits per heavy atom. The van der Waals surface area contributed by atoms with Crippen LogP contribution in [0.5, 0.6) is 0 Å². The van der Waals surface area contributed by atoms with Gasteiger partial charge in [0.25, 0.3) is 0 Å². The van der Waals surface area contributed by atoms with Crippen LogP contribution in [0.4, 0.5) is 0 Å². The van der Waals surface area contributed by atoms with E-state index in [1.165, 1.54) is 20.9 Å². The monoisotopic (exact) mass is 166 g/mol. The molecule has 0 saturated heterocycles. The molecule has 0 N–H and O–H groups in total. The Balaban J connectivity index is 3.07. The average molecular weight is 166 g/mol. The highest BCUT2D eigenvalue weighted by molar-refractivity contribution is 7.12. The van der Waals surface area contributed by atoms with Crippen LogP contribution in [0.15, 0.2) is 12.7 Å². The molecule has 1 aromatic heterocycles. The number of allylic oxidation sites excluding steroid dienone is 1. The maximum Gasteiger partial charge on any atom is 0.0117 e.